The minimum absolute atomic E-state index is 0. The van der Waals surface area contributed by atoms with Crippen LogP contribution in [0.3, 0.4) is 0 Å². The Hall–Kier alpha value is -1.60. The third-order valence-corrected chi connectivity index (χ3v) is 3.96. The van der Waals surface area contributed by atoms with Gasteiger partial charge in [-0.15, -0.1) is 24.0 Å². The number of nitrogens with zero attached hydrogens (tertiary/aromatic N) is 2. The highest BCUT2D eigenvalue weighted by atomic mass is 127. The van der Waals surface area contributed by atoms with Crippen molar-refractivity contribution in [3.05, 3.63) is 71.8 Å². The van der Waals surface area contributed by atoms with E-state index in [0.29, 0.717) is 0 Å². The largest absolute Gasteiger partial charge is 0.355 e. The highest BCUT2D eigenvalue weighted by Gasteiger charge is 2.07. The summed E-state index contributed by atoms with van der Waals surface area (Å²) in [6.45, 7) is 4.90. The molecule has 0 saturated heterocycles. The number of guanidine groups is 1. The lowest BCUT2D eigenvalue weighted by molar-refractivity contribution is 0.331. The van der Waals surface area contributed by atoms with Crippen LogP contribution < -0.4 is 10.6 Å². The van der Waals surface area contributed by atoms with Crippen LogP contribution in [0.4, 0.5) is 0 Å². The van der Waals surface area contributed by atoms with E-state index in [2.05, 4.69) is 89.1 Å². The van der Waals surface area contributed by atoms with Crippen LogP contribution in [0.1, 0.15) is 24.1 Å². The molecule has 2 rings (SSSR count). The van der Waals surface area contributed by atoms with Crippen LogP contribution in [0.15, 0.2) is 65.7 Å². The van der Waals surface area contributed by atoms with E-state index >= 15 is 0 Å². The van der Waals surface area contributed by atoms with Gasteiger partial charge < -0.3 is 15.5 Å². The molecule has 0 heterocycles. The molecule has 0 aliphatic carbocycles. The fraction of sp³-hybridized carbons (Fsp3) is 0.350. The van der Waals surface area contributed by atoms with E-state index in [0.717, 1.165) is 25.6 Å². The molecule has 0 aliphatic heterocycles. The van der Waals surface area contributed by atoms with Gasteiger partial charge in [0.25, 0.3) is 0 Å². The minimum atomic E-state index is 0. The summed E-state index contributed by atoms with van der Waals surface area (Å²) in [4.78, 5) is 6.61. The Balaban J connectivity index is 0.00000312. The predicted molar refractivity (Wildman–Crippen MR) is 118 cm³/mol. The van der Waals surface area contributed by atoms with E-state index in [1.807, 2.05) is 6.07 Å². The molecule has 0 aromatic heterocycles. The van der Waals surface area contributed by atoms with Crippen molar-refractivity contribution >= 4 is 29.9 Å². The van der Waals surface area contributed by atoms with E-state index in [9.17, 15) is 0 Å². The average Bonchev–Trinajstić information content (AvgIpc) is 2.62. The Morgan fingerprint density at radius 3 is 2.24 bits per heavy atom. The molecular formula is C20H29IN4. The molecule has 0 aliphatic rings. The molecule has 2 aromatic carbocycles. The first kappa shape index (κ1) is 21.4. The first-order valence-corrected chi connectivity index (χ1v) is 8.43. The topological polar surface area (TPSA) is 39.7 Å². The zero-order valence-electron chi connectivity index (χ0n) is 15.3. The van der Waals surface area contributed by atoms with Crippen LogP contribution in [0.2, 0.25) is 0 Å². The first-order chi connectivity index (χ1) is 11.7. The minimum Gasteiger partial charge on any atom is -0.355 e. The average molecular weight is 452 g/mol. The second-order valence-electron chi connectivity index (χ2n) is 6.00. The van der Waals surface area contributed by atoms with Gasteiger partial charge in [-0.1, -0.05) is 60.7 Å². The maximum absolute atomic E-state index is 4.31. The third kappa shape index (κ3) is 7.88. The van der Waals surface area contributed by atoms with Gasteiger partial charge in [-0.3, -0.25) is 4.99 Å². The number of benzene rings is 2. The van der Waals surface area contributed by atoms with E-state index in [-0.39, 0.29) is 30.0 Å². The molecule has 0 bridgehead atoms. The van der Waals surface area contributed by atoms with Gasteiger partial charge in [-0.25, -0.2) is 0 Å². The number of nitrogens with one attached hydrogen (secondary N) is 2. The van der Waals surface area contributed by atoms with Crippen LogP contribution in [-0.2, 0) is 6.54 Å². The lowest BCUT2D eigenvalue weighted by Crippen LogP contribution is -2.41. The molecule has 0 radical (unpaired) electrons. The maximum Gasteiger partial charge on any atom is 0.191 e. The Labute approximate surface area is 168 Å². The molecule has 25 heavy (non-hydrogen) atoms. The fourth-order valence-corrected chi connectivity index (χ4v) is 2.56. The lowest BCUT2D eigenvalue weighted by atomic mass is 10.1. The molecule has 2 N–H and O–H groups in total. The second kappa shape index (κ2) is 11.9. The van der Waals surface area contributed by atoms with Crippen molar-refractivity contribution in [2.24, 2.45) is 4.99 Å². The summed E-state index contributed by atoms with van der Waals surface area (Å²) in [5.41, 5.74) is 2.59. The van der Waals surface area contributed by atoms with Crippen LogP contribution in [0, 0.1) is 0 Å². The molecule has 1 atom stereocenters. The van der Waals surface area contributed by atoms with E-state index in [1.54, 1.807) is 7.05 Å². The summed E-state index contributed by atoms with van der Waals surface area (Å²) < 4.78 is 0. The van der Waals surface area contributed by atoms with Crippen LogP contribution >= 0.6 is 24.0 Å². The fourth-order valence-electron chi connectivity index (χ4n) is 2.56. The number of aliphatic imine (C=N–C) groups is 1. The molecule has 0 spiro atoms. The molecule has 5 heteroatoms. The van der Waals surface area contributed by atoms with Crippen LogP contribution in [0.5, 0.6) is 0 Å². The van der Waals surface area contributed by atoms with Gasteiger partial charge in [0.2, 0.25) is 0 Å². The van der Waals surface area contributed by atoms with Gasteiger partial charge >= 0.3 is 0 Å². The molecule has 0 saturated carbocycles. The Bertz CT molecular complexity index is 616. The first-order valence-electron chi connectivity index (χ1n) is 8.43. The quantitative estimate of drug-likeness (QED) is 0.383. The maximum atomic E-state index is 4.31. The van der Waals surface area contributed by atoms with Crippen molar-refractivity contribution in [2.75, 3.05) is 27.2 Å². The molecule has 2 aromatic rings. The third-order valence-electron chi connectivity index (χ3n) is 3.96. The van der Waals surface area contributed by atoms with Gasteiger partial charge in [-0.2, -0.15) is 0 Å². The summed E-state index contributed by atoms with van der Waals surface area (Å²) in [6, 6.07) is 21.1. The molecule has 4 nitrogen and oxygen atoms in total. The van der Waals surface area contributed by atoms with Crippen molar-refractivity contribution in [3.63, 3.8) is 0 Å². The Morgan fingerprint density at radius 1 is 1.04 bits per heavy atom. The summed E-state index contributed by atoms with van der Waals surface area (Å²) in [5.74, 6) is 0.833. The summed E-state index contributed by atoms with van der Waals surface area (Å²) in [5, 5.41) is 6.81. The smallest absolute Gasteiger partial charge is 0.191 e. The number of rotatable bonds is 7. The number of hydrogen-bond donors (Lipinski definition) is 2. The zero-order chi connectivity index (χ0) is 17.2. The second-order valence-corrected chi connectivity index (χ2v) is 6.00. The SMILES string of the molecule is CN=C(NCCN(C)Cc1ccccc1)NC(C)c1ccccc1.I. The van der Waals surface area contributed by atoms with Crippen molar-refractivity contribution in [1.29, 1.82) is 0 Å². The highest BCUT2D eigenvalue weighted by molar-refractivity contribution is 14.0. The molecule has 0 amide bonds. The van der Waals surface area contributed by atoms with E-state index < -0.39 is 0 Å². The summed E-state index contributed by atoms with van der Waals surface area (Å²) in [7, 11) is 3.94. The highest BCUT2D eigenvalue weighted by Crippen LogP contribution is 2.10. The van der Waals surface area contributed by atoms with Gasteiger partial charge in [0.1, 0.15) is 0 Å². The standard InChI is InChI=1S/C20H28N4.HI/c1-17(19-12-8-5-9-13-19)23-20(21-2)22-14-15-24(3)16-18-10-6-4-7-11-18;/h4-13,17H,14-16H2,1-3H3,(H2,21,22,23);1H. The van der Waals surface area contributed by atoms with Gasteiger partial charge in [0.15, 0.2) is 5.96 Å². The Morgan fingerprint density at radius 2 is 1.64 bits per heavy atom. The molecule has 0 fully saturated rings. The van der Waals surface area contributed by atoms with Crippen molar-refractivity contribution in [2.45, 2.75) is 19.5 Å². The monoisotopic (exact) mass is 452 g/mol. The van der Waals surface area contributed by atoms with Crippen molar-refractivity contribution in [1.82, 2.24) is 15.5 Å². The number of likely N-dealkylation sites (N-methyl/N-ethyl adjacent to an activating group) is 1. The van der Waals surface area contributed by atoms with Gasteiger partial charge in [0.05, 0.1) is 6.04 Å². The molecule has 136 valence electrons. The summed E-state index contributed by atoms with van der Waals surface area (Å²) >= 11 is 0. The van der Waals surface area contributed by atoms with Crippen molar-refractivity contribution < 1.29 is 0 Å². The lowest BCUT2D eigenvalue weighted by Gasteiger charge is -2.20. The number of hydrogen-bond acceptors (Lipinski definition) is 2. The van der Waals surface area contributed by atoms with Crippen LogP contribution in [-0.4, -0.2) is 38.0 Å². The van der Waals surface area contributed by atoms with Crippen LogP contribution in [0.25, 0.3) is 0 Å². The Kier molecular flexibility index (Phi) is 10.2. The van der Waals surface area contributed by atoms with E-state index in [4.69, 9.17) is 0 Å². The molecular weight excluding hydrogens is 423 g/mol. The number of halogens is 1. The van der Waals surface area contributed by atoms with Gasteiger partial charge in [-0.05, 0) is 25.1 Å². The zero-order valence-corrected chi connectivity index (χ0v) is 17.6. The normalized spacial score (nSPS) is 12.4. The van der Waals surface area contributed by atoms with Crippen molar-refractivity contribution in [3.8, 4) is 0 Å². The summed E-state index contributed by atoms with van der Waals surface area (Å²) in [6.07, 6.45) is 0. The van der Waals surface area contributed by atoms with E-state index in [1.165, 1.54) is 11.1 Å². The predicted octanol–water partition coefficient (Wildman–Crippen LogP) is 3.66. The van der Waals surface area contributed by atoms with Gasteiger partial charge in [0, 0.05) is 26.7 Å². The molecule has 1 unspecified atom stereocenters.